The molecule has 1 aliphatic rings. The number of amides is 1. The molecule has 0 aliphatic carbocycles. The van der Waals surface area contributed by atoms with Gasteiger partial charge in [-0.3, -0.25) is 10.1 Å². The molecule has 0 spiro atoms. The van der Waals surface area contributed by atoms with Crippen LogP contribution in [0.4, 0.5) is 0 Å². The molecule has 0 radical (unpaired) electrons. The molecular formula is C15H21BrN2O2. The van der Waals surface area contributed by atoms with E-state index in [0.717, 1.165) is 41.6 Å². The Morgan fingerprint density at radius 3 is 2.95 bits per heavy atom. The van der Waals surface area contributed by atoms with Crippen molar-refractivity contribution in [3.8, 4) is 5.75 Å². The number of ether oxygens (including phenoxy) is 1. The van der Waals surface area contributed by atoms with Crippen LogP contribution in [-0.4, -0.2) is 25.6 Å². The van der Waals surface area contributed by atoms with Crippen LogP contribution in [0.15, 0.2) is 22.7 Å². The van der Waals surface area contributed by atoms with E-state index < -0.39 is 0 Å². The lowest BCUT2D eigenvalue weighted by Gasteiger charge is -2.22. The van der Waals surface area contributed by atoms with Gasteiger partial charge < -0.3 is 10.1 Å². The van der Waals surface area contributed by atoms with Crippen molar-refractivity contribution in [3.63, 3.8) is 0 Å². The number of carbonyl (C=O) groups excluding carboxylic acids is 1. The first-order chi connectivity index (χ1) is 9.61. The third kappa shape index (κ3) is 3.73. The molecule has 1 heterocycles. The molecule has 1 aromatic rings. The van der Waals surface area contributed by atoms with E-state index >= 15 is 0 Å². The molecule has 1 aliphatic heterocycles. The van der Waals surface area contributed by atoms with Crippen LogP contribution in [0, 0.1) is 0 Å². The third-order valence-electron chi connectivity index (χ3n) is 3.66. The summed E-state index contributed by atoms with van der Waals surface area (Å²) in [5.41, 5.74) is 1.13. The van der Waals surface area contributed by atoms with Crippen molar-refractivity contribution in [1.82, 2.24) is 10.6 Å². The van der Waals surface area contributed by atoms with Crippen LogP contribution < -0.4 is 15.4 Å². The SMILES string of the molecule is COc1ccc([C@@H](C)N[C@H]2CCCCNC2=O)c(Br)c1. The second-order valence-corrected chi connectivity index (χ2v) is 5.97. The van der Waals surface area contributed by atoms with Gasteiger partial charge in [-0.05, 0) is 43.9 Å². The maximum absolute atomic E-state index is 12.0. The highest BCUT2D eigenvalue weighted by Crippen LogP contribution is 2.28. The average Bonchev–Trinajstić information content (AvgIpc) is 2.64. The van der Waals surface area contributed by atoms with Crippen LogP contribution in [0.1, 0.15) is 37.8 Å². The van der Waals surface area contributed by atoms with Gasteiger partial charge >= 0.3 is 0 Å². The maximum Gasteiger partial charge on any atom is 0.237 e. The molecule has 1 fully saturated rings. The van der Waals surface area contributed by atoms with Gasteiger partial charge in [-0.2, -0.15) is 0 Å². The van der Waals surface area contributed by atoms with E-state index in [1.165, 1.54) is 0 Å². The lowest BCUT2D eigenvalue weighted by molar-refractivity contribution is -0.123. The van der Waals surface area contributed by atoms with E-state index in [0.29, 0.717) is 0 Å². The fourth-order valence-electron chi connectivity index (χ4n) is 2.48. The van der Waals surface area contributed by atoms with Crippen LogP contribution in [0.5, 0.6) is 5.75 Å². The van der Waals surface area contributed by atoms with Gasteiger partial charge in [0.05, 0.1) is 13.2 Å². The molecule has 2 N–H and O–H groups in total. The van der Waals surface area contributed by atoms with E-state index in [9.17, 15) is 4.79 Å². The molecule has 0 bridgehead atoms. The number of halogens is 1. The van der Waals surface area contributed by atoms with Crippen molar-refractivity contribution >= 4 is 21.8 Å². The molecule has 2 atom stereocenters. The quantitative estimate of drug-likeness (QED) is 0.885. The lowest BCUT2D eigenvalue weighted by atomic mass is 10.0. The van der Waals surface area contributed by atoms with Gasteiger partial charge in [-0.15, -0.1) is 0 Å². The number of hydrogen-bond donors (Lipinski definition) is 2. The minimum Gasteiger partial charge on any atom is -0.497 e. The second kappa shape index (κ2) is 7.09. The molecule has 5 heteroatoms. The van der Waals surface area contributed by atoms with Crippen LogP contribution >= 0.6 is 15.9 Å². The standard InChI is InChI=1S/C15H21BrN2O2/c1-10(12-7-6-11(20-2)9-13(12)16)18-14-5-3-4-8-17-15(14)19/h6-7,9-10,14,18H,3-5,8H2,1-2H3,(H,17,19)/t10-,14+/m1/s1. The molecule has 20 heavy (non-hydrogen) atoms. The molecule has 1 amide bonds. The summed E-state index contributed by atoms with van der Waals surface area (Å²) >= 11 is 3.56. The van der Waals surface area contributed by atoms with Crippen molar-refractivity contribution in [2.24, 2.45) is 0 Å². The summed E-state index contributed by atoms with van der Waals surface area (Å²) in [7, 11) is 1.65. The molecule has 4 nitrogen and oxygen atoms in total. The summed E-state index contributed by atoms with van der Waals surface area (Å²) in [5.74, 6) is 0.930. The largest absolute Gasteiger partial charge is 0.497 e. The van der Waals surface area contributed by atoms with E-state index in [1.54, 1.807) is 7.11 Å². The average molecular weight is 341 g/mol. The minimum atomic E-state index is -0.110. The molecule has 110 valence electrons. The zero-order valence-electron chi connectivity index (χ0n) is 11.9. The van der Waals surface area contributed by atoms with Crippen molar-refractivity contribution in [2.75, 3.05) is 13.7 Å². The highest BCUT2D eigenvalue weighted by Gasteiger charge is 2.23. The first-order valence-corrected chi connectivity index (χ1v) is 7.78. The Balaban J connectivity index is 2.07. The Morgan fingerprint density at radius 1 is 1.45 bits per heavy atom. The highest BCUT2D eigenvalue weighted by molar-refractivity contribution is 9.10. The van der Waals surface area contributed by atoms with Crippen LogP contribution in [0.3, 0.4) is 0 Å². The summed E-state index contributed by atoms with van der Waals surface area (Å²) in [6, 6.07) is 5.90. The van der Waals surface area contributed by atoms with Gasteiger partial charge in [0.1, 0.15) is 5.75 Å². The van der Waals surface area contributed by atoms with Gasteiger partial charge in [-0.25, -0.2) is 0 Å². The lowest BCUT2D eigenvalue weighted by Crippen LogP contribution is -2.43. The van der Waals surface area contributed by atoms with Gasteiger partial charge in [0, 0.05) is 17.1 Å². The predicted molar refractivity (Wildman–Crippen MR) is 82.9 cm³/mol. The number of methoxy groups -OCH3 is 1. The van der Waals surface area contributed by atoms with Crippen molar-refractivity contribution in [3.05, 3.63) is 28.2 Å². The van der Waals surface area contributed by atoms with Gasteiger partial charge in [0.25, 0.3) is 0 Å². The summed E-state index contributed by atoms with van der Waals surface area (Å²) in [6.45, 7) is 2.86. The fourth-order valence-corrected chi connectivity index (χ4v) is 3.18. The molecular weight excluding hydrogens is 320 g/mol. The molecule has 0 saturated carbocycles. The smallest absolute Gasteiger partial charge is 0.237 e. The van der Waals surface area contributed by atoms with Crippen LogP contribution in [0.25, 0.3) is 0 Å². The number of rotatable bonds is 4. The molecule has 2 rings (SSSR count). The van der Waals surface area contributed by atoms with Gasteiger partial charge in [0.2, 0.25) is 5.91 Å². The maximum atomic E-state index is 12.0. The zero-order valence-corrected chi connectivity index (χ0v) is 13.5. The highest BCUT2D eigenvalue weighted by atomic mass is 79.9. The summed E-state index contributed by atoms with van der Waals surface area (Å²) in [4.78, 5) is 12.0. The van der Waals surface area contributed by atoms with Crippen molar-refractivity contribution in [2.45, 2.75) is 38.3 Å². The first-order valence-electron chi connectivity index (χ1n) is 6.99. The van der Waals surface area contributed by atoms with E-state index in [1.807, 2.05) is 18.2 Å². The Bertz CT molecular complexity index is 479. The summed E-state index contributed by atoms with van der Waals surface area (Å²) in [5, 5.41) is 6.37. The summed E-state index contributed by atoms with van der Waals surface area (Å²) < 4.78 is 6.19. The molecule has 0 unspecified atom stereocenters. The Labute approximate surface area is 128 Å². The normalized spacial score (nSPS) is 20.9. The Hall–Kier alpha value is -1.07. The van der Waals surface area contributed by atoms with Gasteiger partial charge in [-0.1, -0.05) is 22.0 Å². The Kier molecular flexibility index (Phi) is 5.43. The topological polar surface area (TPSA) is 50.4 Å². The van der Waals surface area contributed by atoms with E-state index in [4.69, 9.17) is 4.74 Å². The molecule has 0 aromatic heterocycles. The third-order valence-corrected chi connectivity index (χ3v) is 4.35. The van der Waals surface area contributed by atoms with Gasteiger partial charge in [0.15, 0.2) is 0 Å². The van der Waals surface area contributed by atoms with E-state index in [2.05, 4.69) is 33.5 Å². The number of benzene rings is 1. The molecule has 1 aromatic carbocycles. The predicted octanol–water partition coefficient (Wildman–Crippen LogP) is 2.78. The minimum absolute atomic E-state index is 0.101. The van der Waals surface area contributed by atoms with E-state index in [-0.39, 0.29) is 18.0 Å². The van der Waals surface area contributed by atoms with Crippen LogP contribution in [-0.2, 0) is 4.79 Å². The summed E-state index contributed by atoms with van der Waals surface area (Å²) in [6.07, 6.45) is 3.03. The van der Waals surface area contributed by atoms with Crippen molar-refractivity contribution in [1.29, 1.82) is 0 Å². The fraction of sp³-hybridized carbons (Fsp3) is 0.533. The number of carbonyl (C=O) groups is 1. The monoisotopic (exact) mass is 340 g/mol. The molecule has 1 saturated heterocycles. The number of hydrogen-bond acceptors (Lipinski definition) is 3. The first kappa shape index (κ1) is 15.3. The number of nitrogens with one attached hydrogen (secondary N) is 2. The van der Waals surface area contributed by atoms with Crippen LogP contribution in [0.2, 0.25) is 0 Å². The van der Waals surface area contributed by atoms with Crippen molar-refractivity contribution < 1.29 is 9.53 Å². The Morgan fingerprint density at radius 2 is 2.25 bits per heavy atom. The second-order valence-electron chi connectivity index (χ2n) is 5.12. The zero-order chi connectivity index (χ0) is 14.5.